The normalized spacial score (nSPS) is 15.7. The van der Waals surface area contributed by atoms with Crippen LogP contribution in [0, 0.1) is 0 Å². The largest absolute Gasteiger partial charge is 0.444 e. The van der Waals surface area contributed by atoms with Crippen LogP contribution in [-0.2, 0) is 10.0 Å². The van der Waals surface area contributed by atoms with Gasteiger partial charge >= 0.3 is 0 Å². The van der Waals surface area contributed by atoms with Crippen molar-refractivity contribution in [2.75, 3.05) is 43.4 Å². The summed E-state index contributed by atoms with van der Waals surface area (Å²) in [6.45, 7) is 2.05. The number of hydrogen-bond acceptors (Lipinski definition) is 5. The average molecular weight is 477 g/mol. The van der Waals surface area contributed by atoms with Crippen molar-refractivity contribution in [3.05, 3.63) is 51.9 Å². The number of hydrogen-bond donors (Lipinski definition) is 1. The number of benzene rings is 1. The highest BCUT2D eigenvalue weighted by Gasteiger charge is 2.27. The summed E-state index contributed by atoms with van der Waals surface area (Å²) in [4.78, 5) is 14.0. The SMILES string of the molecule is O=C(NCCS(=O)(=O)N1CCN(c2ccc(Cl)cc2)CC1)c1ccc(Br)o1. The summed E-state index contributed by atoms with van der Waals surface area (Å²) in [5.74, 6) is -0.457. The average Bonchev–Trinajstić information content (AvgIpc) is 3.09. The number of amides is 1. The lowest BCUT2D eigenvalue weighted by Crippen LogP contribution is -2.50. The van der Waals surface area contributed by atoms with Gasteiger partial charge in [-0.15, -0.1) is 0 Å². The van der Waals surface area contributed by atoms with E-state index in [1.807, 2.05) is 24.3 Å². The van der Waals surface area contributed by atoms with Gasteiger partial charge in [-0.1, -0.05) is 11.6 Å². The first-order valence-corrected chi connectivity index (χ1v) is 11.1. The molecule has 1 aliphatic rings. The number of halogens is 2. The number of anilines is 1. The van der Waals surface area contributed by atoms with Gasteiger partial charge in [0.25, 0.3) is 5.91 Å². The molecule has 1 fully saturated rings. The maximum atomic E-state index is 12.5. The molecule has 3 rings (SSSR count). The summed E-state index contributed by atoms with van der Waals surface area (Å²) in [6, 6.07) is 10.6. The molecule has 1 aliphatic heterocycles. The fourth-order valence-electron chi connectivity index (χ4n) is 2.82. The summed E-state index contributed by atoms with van der Waals surface area (Å²) in [5, 5.41) is 3.24. The van der Waals surface area contributed by atoms with Gasteiger partial charge in [0.2, 0.25) is 10.0 Å². The van der Waals surface area contributed by atoms with Crippen molar-refractivity contribution in [3.63, 3.8) is 0 Å². The van der Waals surface area contributed by atoms with Crippen molar-refractivity contribution in [2.24, 2.45) is 0 Å². The quantitative estimate of drug-likeness (QED) is 0.693. The molecule has 1 saturated heterocycles. The van der Waals surface area contributed by atoms with E-state index in [1.54, 1.807) is 6.07 Å². The lowest BCUT2D eigenvalue weighted by molar-refractivity contribution is 0.0927. The Kier molecular flexibility index (Phi) is 6.46. The van der Waals surface area contributed by atoms with Gasteiger partial charge in [-0.05, 0) is 52.3 Å². The van der Waals surface area contributed by atoms with Crippen molar-refractivity contribution < 1.29 is 17.6 Å². The Labute approximate surface area is 171 Å². The van der Waals surface area contributed by atoms with Crippen molar-refractivity contribution >= 4 is 49.1 Å². The maximum absolute atomic E-state index is 12.5. The molecule has 1 N–H and O–H groups in total. The highest BCUT2D eigenvalue weighted by molar-refractivity contribution is 9.10. The molecule has 1 aromatic heterocycles. The van der Waals surface area contributed by atoms with Crippen molar-refractivity contribution in [1.82, 2.24) is 9.62 Å². The van der Waals surface area contributed by atoms with E-state index < -0.39 is 15.9 Å². The van der Waals surface area contributed by atoms with E-state index in [-0.39, 0.29) is 18.1 Å². The molecule has 0 saturated carbocycles. The second kappa shape index (κ2) is 8.64. The first-order valence-electron chi connectivity index (χ1n) is 8.37. The van der Waals surface area contributed by atoms with E-state index in [9.17, 15) is 13.2 Å². The zero-order chi connectivity index (χ0) is 19.4. The summed E-state index contributed by atoms with van der Waals surface area (Å²) in [6.07, 6.45) is 0. The van der Waals surface area contributed by atoms with Crippen LogP contribution in [0.4, 0.5) is 5.69 Å². The van der Waals surface area contributed by atoms with Crippen LogP contribution >= 0.6 is 27.5 Å². The predicted molar refractivity (Wildman–Crippen MR) is 108 cm³/mol. The number of nitrogens with zero attached hydrogens (tertiary/aromatic N) is 2. The number of nitrogens with one attached hydrogen (secondary N) is 1. The van der Waals surface area contributed by atoms with E-state index in [2.05, 4.69) is 26.1 Å². The van der Waals surface area contributed by atoms with Gasteiger partial charge in [0.05, 0.1) is 5.75 Å². The van der Waals surface area contributed by atoms with Crippen LogP contribution in [0.2, 0.25) is 5.02 Å². The van der Waals surface area contributed by atoms with Crippen LogP contribution in [0.1, 0.15) is 10.6 Å². The Hall–Kier alpha value is -1.55. The number of furan rings is 1. The first-order chi connectivity index (χ1) is 12.8. The van der Waals surface area contributed by atoms with E-state index in [1.165, 1.54) is 10.4 Å². The van der Waals surface area contributed by atoms with Crippen LogP contribution in [0.15, 0.2) is 45.5 Å². The van der Waals surface area contributed by atoms with Gasteiger partial charge in [-0.25, -0.2) is 8.42 Å². The molecular formula is C17H19BrClN3O4S. The summed E-state index contributed by atoms with van der Waals surface area (Å²) >= 11 is 9.02. The van der Waals surface area contributed by atoms with E-state index >= 15 is 0 Å². The molecule has 0 bridgehead atoms. The molecule has 146 valence electrons. The molecule has 10 heteroatoms. The van der Waals surface area contributed by atoms with E-state index in [4.69, 9.17) is 16.0 Å². The Morgan fingerprint density at radius 1 is 1.11 bits per heavy atom. The minimum atomic E-state index is -3.44. The lowest BCUT2D eigenvalue weighted by Gasteiger charge is -2.35. The molecule has 2 aromatic rings. The Morgan fingerprint density at radius 2 is 1.78 bits per heavy atom. The van der Waals surface area contributed by atoms with Gasteiger partial charge in [0.15, 0.2) is 10.4 Å². The zero-order valence-electron chi connectivity index (χ0n) is 14.4. The van der Waals surface area contributed by atoms with Gasteiger partial charge < -0.3 is 14.6 Å². The molecule has 1 aromatic carbocycles. The maximum Gasteiger partial charge on any atom is 0.287 e. The van der Waals surface area contributed by atoms with Crippen molar-refractivity contribution in [1.29, 1.82) is 0 Å². The number of sulfonamides is 1. The molecule has 0 atom stereocenters. The molecule has 0 spiro atoms. The van der Waals surface area contributed by atoms with Gasteiger partial charge in [-0.2, -0.15) is 4.31 Å². The van der Waals surface area contributed by atoms with Gasteiger partial charge in [0, 0.05) is 43.4 Å². The molecular weight excluding hydrogens is 458 g/mol. The molecule has 27 heavy (non-hydrogen) atoms. The second-order valence-electron chi connectivity index (χ2n) is 6.04. The Bertz CT molecular complexity index is 893. The third-order valence-electron chi connectivity index (χ3n) is 4.27. The standard InChI is InChI=1S/C17H19BrClN3O4S/c18-16-6-5-15(26-16)17(23)20-7-12-27(24,25)22-10-8-21(9-11-22)14-3-1-13(19)2-4-14/h1-6H,7-12H2,(H,20,23). The monoisotopic (exact) mass is 475 g/mol. The van der Waals surface area contributed by atoms with Crippen molar-refractivity contribution in [3.8, 4) is 0 Å². The number of carbonyl (C=O) groups excluding carboxylic acids is 1. The molecule has 0 unspecified atom stereocenters. The summed E-state index contributed by atoms with van der Waals surface area (Å²) in [7, 11) is -3.44. The fourth-order valence-corrected chi connectivity index (χ4v) is 4.59. The second-order valence-corrected chi connectivity index (χ2v) is 9.34. The van der Waals surface area contributed by atoms with Crippen LogP contribution in [0.25, 0.3) is 0 Å². The summed E-state index contributed by atoms with van der Waals surface area (Å²) in [5.41, 5.74) is 1.02. The van der Waals surface area contributed by atoms with Gasteiger partial charge in [0.1, 0.15) is 0 Å². The fraction of sp³-hybridized carbons (Fsp3) is 0.353. The highest BCUT2D eigenvalue weighted by atomic mass is 79.9. The lowest BCUT2D eigenvalue weighted by atomic mass is 10.2. The minimum Gasteiger partial charge on any atom is -0.444 e. The molecule has 0 aliphatic carbocycles. The van der Waals surface area contributed by atoms with Crippen LogP contribution < -0.4 is 10.2 Å². The molecule has 0 radical (unpaired) electrons. The smallest absolute Gasteiger partial charge is 0.287 e. The number of piperazine rings is 1. The summed E-state index contributed by atoms with van der Waals surface area (Å²) < 4.78 is 32.1. The van der Waals surface area contributed by atoms with E-state index in [0.29, 0.717) is 35.9 Å². The van der Waals surface area contributed by atoms with Gasteiger partial charge in [-0.3, -0.25) is 4.79 Å². The third kappa shape index (κ3) is 5.25. The van der Waals surface area contributed by atoms with Crippen LogP contribution in [0.5, 0.6) is 0 Å². The van der Waals surface area contributed by atoms with E-state index in [0.717, 1.165) is 5.69 Å². The Balaban J connectivity index is 1.48. The van der Waals surface area contributed by atoms with Crippen LogP contribution in [0.3, 0.4) is 0 Å². The number of carbonyl (C=O) groups is 1. The highest BCUT2D eigenvalue weighted by Crippen LogP contribution is 2.20. The molecule has 2 heterocycles. The minimum absolute atomic E-state index is 0.0247. The predicted octanol–water partition coefficient (Wildman–Crippen LogP) is 2.58. The zero-order valence-corrected chi connectivity index (χ0v) is 17.6. The molecule has 1 amide bonds. The third-order valence-corrected chi connectivity index (χ3v) is 6.82. The topological polar surface area (TPSA) is 82.9 Å². The first kappa shape index (κ1) is 20.2. The van der Waals surface area contributed by atoms with Crippen molar-refractivity contribution in [2.45, 2.75) is 0 Å². The number of rotatable bonds is 6. The Morgan fingerprint density at radius 3 is 2.37 bits per heavy atom. The van der Waals surface area contributed by atoms with Crippen LogP contribution in [-0.4, -0.2) is 57.1 Å². The molecule has 7 nitrogen and oxygen atoms in total.